The van der Waals surface area contributed by atoms with Gasteiger partial charge in [-0.1, -0.05) is 26.0 Å². The van der Waals surface area contributed by atoms with Gasteiger partial charge in [-0.3, -0.25) is 0 Å². The molecular formula is C17H19F2NO. The zero-order chi connectivity index (χ0) is 15.6. The summed E-state index contributed by atoms with van der Waals surface area (Å²) in [6.07, 6.45) is 0. The lowest BCUT2D eigenvalue weighted by molar-refractivity contribution is 0.401. The van der Waals surface area contributed by atoms with E-state index in [9.17, 15) is 8.78 Å². The van der Waals surface area contributed by atoms with Crippen molar-refractivity contribution in [3.63, 3.8) is 0 Å². The first-order valence-corrected chi connectivity index (χ1v) is 6.88. The van der Waals surface area contributed by atoms with Crippen LogP contribution in [0.1, 0.15) is 36.5 Å². The molecule has 0 amide bonds. The van der Waals surface area contributed by atoms with Crippen LogP contribution in [0.2, 0.25) is 0 Å². The number of rotatable bonds is 4. The first-order chi connectivity index (χ1) is 9.92. The van der Waals surface area contributed by atoms with Crippen molar-refractivity contribution in [2.45, 2.75) is 33.2 Å². The fourth-order valence-corrected chi connectivity index (χ4v) is 2.14. The minimum Gasteiger partial charge on any atom is -0.451 e. The van der Waals surface area contributed by atoms with Crippen LogP contribution in [0.3, 0.4) is 0 Å². The topological polar surface area (TPSA) is 35.2 Å². The van der Waals surface area contributed by atoms with E-state index in [4.69, 9.17) is 10.5 Å². The van der Waals surface area contributed by atoms with Crippen LogP contribution in [0, 0.1) is 18.6 Å². The third kappa shape index (κ3) is 3.39. The molecule has 21 heavy (non-hydrogen) atoms. The normalized spacial score (nSPS) is 11.0. The summed E-state index contributed by atoms with van der Waals surface area (Å²) in [5, 5.41) is 0. The third-order valence-electron chi connectivity index (χ3n) is 3.30. The molecule has 2 nitrogen and oxygen atoms in total. The Labute approximate surface area is 123 Å². The van der Waals surface area contributed by atoms with Crippen molar-refractivity contribution < 1.29 is 13.5 Å². The second kappa shape index (κ2) is 6.22. The number of halogens is 2. The summed E-state index contributed by atoms with van der Waals surface area (Å²) < 4.78 is 33.5. The van der Waals surface area contributed by atoms with Crippen molar-refractivity contribution in [3.05, 3.63) is 58.7 Å². The maximum atomic E-state index is 14.0. The summed E-state index contributed by atoms with van der Waals surface area (Å²) in [6, 6.07) is 8.05. The SMILES string of the molecule is Cc1ccc(C(C)C)c(Oc2c(F)cc(CN)cc2F)c1. The highest BCUT2D eigenvalue weighted by Gasteiger charge is 2.16. The molecule has 0 atom stereocenters. The lowest BCUT2D eigenvalue weighted by atomic mass is 10.0. The minimum atomic E-state index is -0.744. The van der Waals surface area contributed by atoms with Gasteiger partial charge in [-0.15, -0.1) is 0 Å². The van der Waals surface area contributed by atoms with Crippen molar-refractivity contribution in [1.29, 1.82) is 0 Å². The minimum absolute atomic E-state index is 0.0792. The highest BCUT2D eigenvalue weighted by molar-refractivity contribution is 5.43. The molecule has 0 spiro atoms. The van der Waals surface area contributed by atoms with Crippen molar-refractivity contribution in [1.82, 2.24) is 0 Å². The summed E-state index contributed by atoms with van der Waals surface area (Å²) in [7, 11) is 0. The highest BCUT2D eigenvalue weighted by atomic mass is 19.1. The number of benzene rings is 2. The second-order valence-corrected chi connectivity index (χ2v) is 5.39. The van der Waals surface area contributed by atoms with Crippen molar-refractivity contribution >= 4 is 0 Å². The molecular weight excluding hydrogens is 272 g/mol. The molecule has 0 unspecified atom stereocenters. The Kier molecular flexibility index (Phi) is 4.58. The van der Waals surface area contributed by atoms with Gasteiger partial charge in [0.25, 0.3) is 0 Å². The Morgan fingerprint density at radius 2 is 1.71 bits per heavy atom. The molecule has 0 saturated heterocycles. The summed E-state index contributed by atoms with van der Waals surface area (Å²) in [4.78, 5) is 0. The van der Waals surface area contributed by atoms with Gasteiger partial charge in [-0.25, -0.2) is 8.78 Å². The third-order valence-corrected chi connectivity index (χ3v) is 3.30. The first kappa shape index (κ1) is 15.4. The average molecular weight is 291 g/mol. The van der Waals surface area contributed by atoms with Crippen LogP contribution in [0.5, 0.6) is 11.5 Å². The highest BCUT2D eigenvalue weighted by Crippen LogP contribution is 2.34. The number of ether oxygens (including phenoxy) is 1. The fraction of sp³-hybridized carbons (Fsp3) is 0.294. The summed E-state index contributed by atoms with van der Waals surface area (Å²) >= 11 is 0. The predicted molar refractivity (Wildman–Crippen MR) is 79.6 cm³/mol. The van der Waals surface area contributed by atoms with Crippen LogP contribution in [0.15, 0.2) is 30.3 Å². The van der Waals surface area contributed by atoms with Crippen LogP contribution in [-0.4, -0.2) is 0 Å². The number of nitrogens with two attached hydrogens (primary N) is 1. The van der Waals surface area contributed by atoms with Gasteiger partial charge < -0.3 is 10.5 Å². The Hall–Kier alpha value is -1.94. The van der Waals surface area contributed by atoms with E-state index in [0.717, 1.165) is 11.1 Å². The van der Waals surface area contributed by atoms with Crippen LogP contribution in [-0.2, 0) is 6.54 Å². The molecule has 112 valence electrons. The molecule has 0 fully saturated rings. The molecule has 0 aliphatic carbocycles. The van der Waals surface area contributed by atoms with Crippen molar-refractivity contribution in [2.24, 2.45) is 5.73 Å². The molecule has 2 aromatic rings. The molecule has 2 rings (SSSR count). The van der Waals surface area contributed by atoms with E-state index < -0.39 is 11.6 Å². The average Bonchev–Trinajstić information content (AvgIpc) is 2.42. The zero-order valence-electron chi connectivity index (χ0n) is 12.4. The zero-order valence-corrected chi connectivity index (χ0v) is 12.4. The molecule has 0 aliphatic heterocycles. The van der Waals surface area contributed by atoms with Gasteiger partial charge in [-0.2, -0.15) is 0 Å². The van der Waals surface area contributed by atoms with Gasteiger partial charge in [-0.05, 0) is 47.7 Å². The smallest absolute Gasteiger partial charge is 0.198 e. The van der Waals surface area contributed by atoms with Crippen LogP contribution >= 0.6 is 0 Å². The van der Waals surface area contributed by atoms with E-state index in [1.54, 1.807) is 6.07 Å². The molecule has 0 aliphatic rings. The van der Waals surface area contributed by atoms with Gasteiger partial charge in [0.05, 0.1) is 0 Å². The Morgan fingerprint density at radius 1 is 1.10 bits per heavy atom. The van der Waals surface area contributed by atoms with E-state index in [2.05, 4.69) is 0 Å². The summed E-state index contributed by atoms with van der Waals surface area (Å²) in [5.74, 6) is -1.21. The van der Waals surface area contributed by atoms with Gasteiger partial charge >= 0.3 is 0 Å². The molecule has 2 N–H and O–H groups in total. The van der Waals surface area contributed by atoms with Crippen LogP contribution in [0.25, 0.3) is 0 Å². The molecule has 2 aromatic carbocycles. The number of hydrogen-bond acceptors (Lipinski definition) is 2. The van der Waals surface area contributed by atoms with E-state index >= 15 is 0 Å². The molecule has 0 heterocycles. The standard InChI is InChI=1S/C17H19F2NO/c1-10(2)13-5-4-11(3)6-16(13)21-17-14(18)7-12(9-20)8-15(17)19/h4-8,10H,9,20H2,1-3H3. The van der Waals surface area contributed by atoms with Gasteiger partial charge in [0.15, 0.2) is 17.4 Å². The predicted octanol–water partition coefficient (Wildman–Crippen LogP) is 4.65. The van der Waals surface area contributed by atoms with Crippen LogP contribution in [0.4, 0.5) is 8.78 Å². The maximum absolute atomic E-state index is 14.0. The van der Waals surface area contributed by atoms with Gasteiger partial charge in [0, 0.05) is 6.54 Å². The molecule has 0 saturated carbocycles. The van der Waals surface area contributed by atoms with E-state index in [0.29, 0.717) is 11.3 Å². The van der Waals surface area contributed by atoms with Gasteiger partial charge in [0.2, 0.25) is 0 Å². The number of aryl methyl sites for hydroxylation is 1. The second-order valence-electron chi connectivity index (χ2n) is 5.39. The van der Waals surface area contributed by atoms with E-state index in [1.165, 1.54) is 12.1 Å². The van der Waals surface area contributed by atoms with E-state index in [1.807, 2.05) is 32.9 Å². The fourth-order valence-electron chi connectivity index (χ4n) is 2.14. The van der Waals surface area contributed by atoms with Crippen molar-refractivity contribution in [3.8, 4) is 11.5 Å². The molecule has 0 radical (unpaired) electrons. The van der Waals surface area contributed by atoms with Crippen LogP contribution < -0.4 is 10.5 Å². The molecule has 4 heteroatoms. The Balaban J connectivity index is 2.45. The summed E-state index contributed by atoms with van der Waals surface area (Å²) in [6.45, 7) is 5.99. The van der Waals surface area contributed by atoms with Crippen molar-refractivity contribution in [2.75, 3.05) is 0 Å². The lowest BCUT2D eigenvalue weighted by Crippen LogP contribution is -2.02. The Morgan fingerprint density at radius 3 is 2.24 bits per heavy atom. The monoisotopic (exact) mass is 291 g/mol. The largest absolute Gasteiger partial charge is 0.451 e. The number of hydrogen-bond donors (Lipinski definition) is 1. The maximum Gasteiger partial charge on any atom is 0.198 e. The Bertz CT molecular complexity index is 630. The molecule has 0 aromatic heterocycles. The summed E-state index contributed by atoms with van der Waals surface area (Å²) in [5.41, 5.74) is 7.67. The van der Waals surface area contributed by atoms with Gasteiger partial charge in [0.1, 0.15) is 5.75 Å². The quantitative estimate of drug-likeness (QED) is 0.890. The lowest BCUT2D eigenvalue weighted by Gasteiger charge is -2.16. The first-order valence-electron chi connectivity index (χ1n) is 6.88. The molecule has 0 bridgehead atoms. The van der Waals surface area contributed by atoms with E-state index in [-0.39, 0.29) is 18.2 Å².